The van der Waals surface area contributed by atoms with Gasteiger partial charge in [0.15, 0.2) is 0 Å². The Kier molecular flexibility index (Phi) is 11.7. The lowest BCUT2D eigenvalue weighted by atomic mass is 10.9. The zero-order valence-corrected chi connectivity index (χ0v) is 4.90. The summed E-state index contributed by atoms with van der Waals surface area (Å²) in [7, 11) is 0. The van der Waals surface area contributed by atoms with E-state index in [4.69, 9.17) is 10.5 Å². The molecule has 0 spiro atoms. The number of hydrogen-bond acceptors (Lipinski definition) is 5. The van der Waals surface area contributed by atoms with E-state index in [0.717, 1.165) is 0 Å². The number of nitrogens with zero attached hydrogens (tertiary/aromatic N) is 1. The molecule has 0 saturated carbocycles. The Labute approximate surface area is 52.3 Å². The third-order valence-electron chi connectivity index (χ3n) is 0.337. The maximum absolute atomic E-state index is 9.72. The molecular formula is C4H7NO4. The van der Waals surface area contributed by atoms with Gasteiger partial charge in [-0.25, -0.2) is 10.1 Å². The largest absolute Gasteiger partial charge is 0.540 e. The van der Waals surface area contributed by atoms with E-state index in [2.05, 4.69) is 16.2 Å². The maximum atomic E-state index is 9.72. The van der Waals surface area contributed by atoms with Gasteiger partial charge in [0.25, 0.3) is 0 Å². The fraction of sp³-hybridized carbons (Fsp3) is 0.500. The van der Waals surface area contributed by atoms with Crippen molar-refractivity contribution in [3.63, 3.8) is 0 Å². The van der Waals surface area contributed by atoms with Gasteiger partial charge in [0.05, 0.1) is 6.61 Å². The van der Waals surface area contributed by atoms with Crippen molar-refractivity contribution in [1.29, 1.82) is 5.26 Å². The minimum atomic E-state index is -1.07. The number of hydrogen-bond donors (Lipinski definition) is 1. The van der Waals surface area contributed by atoms with Crippen LogP contribution in [0.2, 0.25) is 0 Å². The van der Waals surface area contributed by atoms with Crippen molar-refractivity contribution >= 4 is 6.16 Å². The minimum absolute atomic E-state index is 0.208. The smallest absolute Gasteiger partial charge is 0.433 e. The van der Waals surface area contributed by atoms with Crippen molar-refractivity contribution in [2.75, 3.05) is 6.61 Å². The third-order valence-corrected chi connectivity index (χ3v) is 0.337. The summed E-state index contributed by atoms with van der Waals surface area (Å²) in [6.07, 6.45) is -1.07. The minimum Gasteiger partial charge on any atom is -0.433 e. The lowest BCUT2D eigenvalue weighted by molar-refractivity contribution is -0.200. The SMILES string of the molecule is C#N.CCOC(=O)OO. The van der Waals surface area contributed by atoms with Crippen LogP contribution in [0.4, 0.5) is 4.79 Å². The molecule has 0 fully saturated rings. The molecule has 1 N–H and O–H groups in total. The van der Waals surface area contributed by atoms with Gasteiger partial charge in [0.2, 0.25) is 0 Å². The van der Waals surface area contributed by atoms with Gasteiger partial charge in [-0.3, -0.25) is 4.89 Å². The van der Waals surface area contributed by atoms with E-state index in [1.807, 2.05) is 0 Å². The van der Waals surface area contributed by atoms with E-state index >= 15 is 0 Å². The summed E-state index contributed by atoms with van der Waals surface area (Å²) >= 11 is 0. The van der Waals surface area contributed by atoms with E-state index in [0.29, 0.717) is 0 Å². The Morgan fingerprint density at radius 1 is 1.78 bits per heavy atom. The molecule has 0 atom stereocenters. The van der Waals surface area contributed by atoms with E-state index in [9.17, 15) is 4.79 Å². The quantitative estimate of drug-likeness (QED) is 0.324. The van der Waals surface area contributed by atoms with Gasteiger partial charge in [-0.2, -0.15) is 5.26 Å². The summed E-state index contributed by atoms with van der Waals surface area (Å²) in [6, 6.07) is 0. The molecule has 0 unspecified atom stereocenters. The van der Waals surface area contributed by atoms with Gasteiger partial charge in [0, 0.05) is 6.57 Å². The van der Waals surface area contributed by atoms with Gasteiger partial charge < -0.3 is 4.74 Å². The summed E-state index contributed by atoms with van der Waals surface area (Å²) in [4.78, 5) is 12.8. The van der Waals surface area contributed by atoms with Crippen LogP contribution in [0.25, 0.3) is 0 Å². The van der Waals surface area contributed by atoms with Gasteiger partial charge in [-0.15, -0.1) is 0 Å². The van der Waals surface area contributed by atoms with Gasteiger partial charge in [0.1, 0.15) is 0 Å². The molecule has 0 aliphatic heterocycles. The lowest BCUT2D eigenvalue weighted by Gasteiger charge is -1.92. The summed E-state index contributed by atoms with van der Waals surface area (Å²) in [5, 5.41) is 14.0. The van der Waals surface area contributed by atoms with Crippen LogP contribution in [-0.2, 0) is 9.62 Å². The molecule has 0 aromatic rings. The van der Waals surface area contributed by atoms with Gasteiger partial charge in [-0.05, 0) is 6.92 Å². The molecule has 0 aliphatic carbocycles. The van der Waals surface area contributed by atoms with Gasteiger partial charge in [-0.1, -0.05) is 0 Å². The number of nitriles is 1. The Balaban J connectivity index is 0. The first kappa shape index (κ1) is 10.7. The fourth-order valence-corrected chi connectivity index (χ4v) is 0.144. The predicted molar refractivity (Wildman–Crippen MR) is 27.4 cm³/mol. The van der Waals surface area contributed by atoms with E-state index < -0.39 is 6.16 Å². The second-order valence-corrected chi connectivity index (χ2v) is 0.774. The summed E-state index contributed by atoms with van der Waals surface area (Å²) in [6.45, 7) is 5.32. The van der Waals surface area contributed by atoms with Crippen molar-refractivity contribution in [2.45, 2.75) is 6.92 Å². The molecule has 0 rings (SSSR count). The number of rotatable bonds is 1. The summed E-state index contributed by atoms with van der Waals surface area (Å²) < 4.78 is 4.08. The second-order valence-electron chi connectivity index (χ2n) is 0.774. The van der Waals surface area contributed by atoms with Crippen LogP contribution in [0, 0.1) is 11.8 Å². The highest BCUT2D eigenvalue weighted by Gasteiger charge is 1.95. The number of ether oxygens (including phenoxy) is 1. The van der Waals surface area contributed by atoms with Crippen LogP contribution in [0.5, 0.6) is 0 Å². The first-order chi connectivity index (χ1) is 4.31. The average molecular weight is 133 g/mol. The standard InChI is InChI=1S/C3H6O4.CHN/c1-2-6-3(4)7-5;1-2/h5H,2H2,1H3;1H. The predicted octanol–water partition coefficient (Wildman–Crippen LogP) is 0.772. The van der Waals surface area contributed by atoms with Crippen molar-refractivity contribution < 1.29 is 19.7 Å². The van der Waals surface area contributed by atoms with Crippen LogP contribution in [0.3, 0.4) is 0 Å². The van der Waals surface area contributed by atoms with Crippen molar-refractivity contribution in [2.24, 2.45) is 0 Å². The summed E-state index contributed by atoms with van der Waals surface area (Å²) in [5.74, 6) is 0. The Morgan fingerprint density at radius 2 is 2.22 bits per heavy atom. The molecule has 0 saturated heterocycles. The molecule has 0 aliphatic rings. The van der Waals surface area contributed by atoms with Crippen molar-refractivity contribution in [3.8, 4) is 6.57 Å². The first-order valence-corrected chi connectivity index (χ1v) is 2.05. The molecule has 0 aromatic heterocycles. The molecule has 0 radical (unpaired) electrons. The molecule has 0 heterocycles. The van der Waals surface area contributed by atoms with E-state index in [1.54, 1.807) is 6.92 Å². The van der Waals surface area contributed by atoms with E-state index in [-0.39, 0.29) is 6.61 Å². The maximum Gasteiger partial charge on any atom is 0.540 e. The zero-order valence-electron chi connectivity index (χ0n) is 4.90. The Hall–Kier alpha value is -1.28. The van der Waals surface area contributed by atoms with Crippen LogP contribution in [0.15, 0.2) is 0 Å². The number of carbonyl (C=O) groups is 1. The van der Waals surface area contributed by atoms with Crippen LogP contribution in [-0.4, -0.2) is 18.0 Å². The molecule has 0 aromatic carbocycles. The van der Waals surface area contributed by atoms with Crippen LogP contribution < -0.4 is 0 Å². The highest BCUT2D eigenvalue weighted by molar-refractivity contribution is 5.58. The molecule has 5 heteroatoms. The average Bonchev–Trinajstić information content (AvgIpc) is 1.93. The van der Waals surface area contributed by atoms with E-state index in [1.165, 1.54) is 0 Å². The second kappa shape index (κ2) is 9.87. The van der Waals surface area contributed by atoms with Gasteiger partial charge >= 0.3 is 6.16 Å². The van der Waals surface area contributed by atoms with Crippen molar-refractivity contribution in [3.05, 3.63) is 0 Å². The topological polar surface area (TPSA) is 79.5 Å². The summed E-state index contributed by atoms with van der Waals surface area (Å²) in [5.41, 5.74) is 0. The highest BCUT2D eigenvalue weighted by atomic mass is 17.1. The van der Waals surface area contributed by atoms with Crippen LogP contribution in [0.1, 0.15) is 6.92 Å². The Bertz CT molecular complexity index is 89.8. The number of carbonyl (C=O) groups excluding carboxylic acids is 1. The Morgan fingerprint density at radius 3 is 2.33 bits per heavy atom. The molecular weight excluding hydrogens is 126 g/mol. The monoisotopic (exact) mass is 133 g/mol. The molecule has 0 bridgehead atoms. The molecule has 5 nitrogen and oxygen atoms in total. The molecule has 52 valence electrons. The molecule has 9 heavy (non-hydrogen) atoms. The van der Waals surface area contributed by atoms with Crippen molar-refractivity contribution in [1.82, 2.24) is 0 Å². The molecule has 0 amide bonds. The fourth-order valence-electron chi connectivity index (χ4n) is 0.144. The highest BCUT2D eigenvalue weighted by Crippen LogP contribution is 1.77. The third kappa shape index (κ3) is 10.8. The van der Waals surface area contributed by atoms with Crippen LogP contribution >= 0.6 is 0 Å². The zero-order chi connectivity index (χ0) is 7.70. The lowest BCUT2D eigenvalue weighted by Crippen LogP contribution is -2.02. The first-order valence-electron chi connectivity index (χ1n) is 2.05. The normalized spacial score (nSPS) is 6.22.